The summed E-state index contributed by atoms with van der Waals surface area (Å²) in [5.41, 5.74) is 1.59. The molecule has 148 valence electrons. The van der Waals surface area contributed by atoms with Gasteiger partial charge in [-0.25, -0.2) is 4.39 Å². The number of carbonyl (C=O) groups excluding carboxylic acids is 1. The highest BCUT2D eigenvalue weighted by atomic mass is 19.4. The van der Waals surface area contributed by atoms with Crippen LogP contribution in [0.1, 0.15) is 48.3 Å². The summed E-state index contributed by atoms with van der Waals surface area (Å²) in [7, 11) is 0. The highest BCUT2D eigenvalue weighted by Crippen LogP contribution is 2.41. The molecule has 1 aromatic carbocycles. The molecule has 1 N–H and O–H groups in total. The van der Waals surface area contributed by atoms with Crippen molar-refractivity contribution in [2.45, 2.75) is 44.2 Å². The Hall–Kier alpha value is -2.44. The predicted octanol–water partition coefficient (Wildman–Crippen LogP) is 4.85. The molecule has 1 aromatic heterocycles. The van der Waals surface area contributed by atoms with Gasteiger partial charge in [0.15, 0.2) is 0 Å². The fourth-order valence-electron chi connectivity index (χ4n) is 3.86. The third-order valence-electron chi connectivity index (χ3n) is 5.58. The molecule has 7 heteroatoms. The van der Waals surface area contributed by atoms with Gasteiger partial charge in [-0.05, 0) is 66.3 Å². The number of rotatable bonds is 5. The number of hydrogen-bond donors (Lipinski definition) is 1. The van der Waals surface area contributed by atoms with E-state index in [2.05, 4.69) is 10.3 Å². The number of carbonyl (C=O) groups is 1. The molecule has 0 spiro atoms. The van der Waals surface area contributed by atoms with Gasteiger partial charge in [0, 0.05) is 30.9 Å². The van der Waals surface area contributed by atoms with Gasteiger partial charge < -0.3 is 5.32 Å². The van der Waals surface area contributed by atoms with Crippen molar-refractivity contribution >= 4 is 5.91 Å². The lowest BCUT2D eigenvalue weighted by molar-refractivity contribution is -0.140. The highest BCUT2D eigenvalue weighted by Gasteiger charge is 2.34. The molecule has 1 atom stereocenters. The minimum Gasteiger partial charge on any atom is -0.356 e. The van der Waals surface area contributed by atoms with Crippen molar-refractivity contribution < 1.29 is 22.4 Å². The van der Waals surface area contributed by atoms with Crippen molar-refractivity contribution in [3.05, 3.63) is 53.1 Å². The molecule has 28 heavy (non-hydrogen) atoms. The summed E-state index contributed by atoms with van der Waals surface area (Å²) in [5, 5.41) is 2.96. The van der Waals surface area contributed by atoms with E-state index in [4.69, 9.17) is 0 Å². The molecule has 1 fully saturated rings. The van der Waals surface area contributed by atoms with Gasteiger partial charge in [0.1, 0.15) is 5.82 Å². The summed E-state index contributed by atoms with van der Waals surface area (Å²) in [6.07, 6.45) is 2.71. The molecule has 0 aliphatic heterocycles. The van der Waals surface area contributed by atoms with Crippen LogP contribution in [0.2, 0.25) is 0 Å². The molecule has 0 saturated heterocycles. The molecular formula is C21H20F4N2O. The Morgan fingerprint density at radius 2 is 1.96 bits per heavy atom. The van der Waals surface area contributed by atoms with Gasteiger partial charge in [-0.3, -0.25) is 9.78 Å². The number of benzene rings is 1. The molecule has 2 aromatic rings. The van der Waals surface area contributed by atoms with Crippen molar-refractivity contribution in [2.75, 3.05) is 6.54 Å². The summed E-state index contributed by atoms with van der Waals surface area (Å²) in [4.78, 5) is 16.4. The average molecular weight is 392 g/mol. The van der Waals surface area contributed by atoms with E-state index in [9.17, 15) is 22.4 Å². The van der Waals surface area contributed by atoms with Gasteiger partial charge in [0.25, 0.3) is 0 Å². The average Bonchev–Trinajstić information content (AvgIpc) is 3.39. The third kappa shape index (κ3) is 3.88. The van der Waals surface area contributed by atoms with E-state index < -0.39 is 17.6 Å². The first kappa shape index (κ1) is 18.9. The Balaban J connectivity index is 1.55. The van der Waals surface area contributed by atoms with Crippen molar-refractivity contribution in [1.29, 1.82) is 0 Å². The number of alkyl halides is 3. The number of amides is 1. The summed E-state index contributed by atoms with van der Waals surface area (Å²) >= 11 is 0. The fraction of sp³-hybridized carbons (Fsp3) is 0.429. The molecule has 1 heterocycles. The summed E-state index contributed by atoms with van der Waals surface area (Å²) in [6.45, 7) is 0.724. The van der Waals surface area contributed by atoms with Gasteiger partial charge in [-0.2, -0.15) is 13.2 Å². The number of pyridine rings is 1. The van der Waals surface area contributed by atoms with Crippen LogP contribution in [0.15, 0.2) is 30.6 Å². The largest absolute Gasteiger partial charge is 0.419 e. The minimum absolute atomic E-state index is 0.00993. The molecule has 4 rings (SSSR count). The topological polar surface area (TPSA) is 42.0 Å². The zero-order valence-corrected chi connectivity index (χ0v) is 15.2. The minimum atomic E-state index is -4.72. The summed E-state index contributed by atoms with van der Waals surface area (Å²) in [6, 6.07) is 2.95. The van der Waals surface area contributed by atoms with E-state index in [-0.39, 0.29) is 11.8 Å². The van der Waals surface area contributed by atoms with E-state index in [0.29, 0.717) is 29.9 Å². The zero-order chi connectivity index (χ0) is 19.9. The van der Waals surface area contributed by atoms with Crippen LogP contribution in [0.3, 0.4) is 0 Å². The Kier molecular flexibility index (Phi) is 4.85. The van der Waals surface area contributed by atoms with E-state index in [1.165, 1.54) is 18.9 Å². The third-order valence-corrected chi connectivity index (χ3v) is 5.58. The van der Waals surface area contributed by atoms with Crippen molar-refractivity contribution in [1.82, 2.24) is 10.3 Å². The highest BCUT2D eigenvalue weighted by molar-refractivity contribution is 5.78. The second-order valence-electron chi connectivity index (χ2n) is 7.63. The molecular weight excluding hydrogens is 372 g/mol. The molecule has 2 aliphatic carbocycles. The first-order valence-electron chi connectivity index (χ1n) is 9.43. The smallest absolute Gasteiger partial charge is 0.356 e. The lowest BCUT2D eigenvalue weighted by Gasteiger charge is -2.14. The lowest BCUT2D eigenvalue weighted by atomic mass is 9.95. The molecule has 3 nitrogen and oxygen atoms in total. The predicted molar refractivity (Wildman–Crippen MR) is 96.0 cm³/mol. The molecule has 1 unspecified atom stereocenters. The van der Waals surface area contributed by atoms with Crippen molar-refractivity contribution in [2.24, 2.45) is 5.92 Å². The van der Waals surface area contributed by atoms with Gasteiger partial charge in [-0.15, -0.1) is 0 Å². The van der Waals surface area contributed by atoms with Crippen molar-refractivity contribution in [3.8, 4) is 11.1 Å². The van der Waals surface area contributed by atoms with E-state index in [1.54, 1.807) is 12.4 Å². The second-order valence-corrected chi connectivity index (χ2v) is 7.63. The maximum Gasteiger partial charge on any atom is 0.419 e. The Labute approximate surface area is 160 Å². The van der Waals surface area contributed by atoms with Crippen LogP contribution < -0.4 is 5.32 Å². The second kappa shape index (κ2) is 7.18. The molecule has 1 saturated carbocycles. The van der Waals surface area contributed by atoms with E-state index in [0.717, 1.165) is 36.2 Å². The molecule has 0 radical (unpaired) electrons. The normalized spacial score (nSPS) is 18.8. The number of fused-ring (bicyclic) bond motifs is 1. The van der Waals surface area contributed by atoms with E-state index in [1.807, 2.05) is 0 Å². The number of halogens is 4. The van der Waals surface area contributed by atoms with Crippen LogP contribution in [0.4, 0.5) is 17.6 Å². The SMILES string of the molecule is O=C(CC1CCc2c(-c3ccc(C(F)(F)F)c(F)c3)cncc21)NCC1CC1. The Bertz CT molecular complexity index is 906. The van der Waals surface area contributed by atoms with Crippen LogP contribution in [-0.4, -0.2) is 17.4 Å². The summed E-state index contributed by atoms with van der Waals surface area (Å²) in [5.74, 6) is -0.643. The quantitative estimate of drug-likeness (QED) is 0.739. The number of hydrogen-bond acceptors (Lipinski definition) is 2. The number of nitrogens with zero attached hydrogens (tertiary/aromatic N) is 1. The van der Waals surface area contributed by atoms with Crippen molar-refractivity contribution in [3.63, 3.8) is 0 Å². The Morgan fingerprint density at radius 3 is 2.64 bits per heavy atom. The van der Waals surface area contributed by atoms with Crippen LogP contribution in [0.25, 0.3) is 11.1 Å². The first-order valence-corrected chi connectivity index (χ1v) is 9.43. The van der Waals surface area contributed by atoms with Gasteiger partial charge in [-0.1, -0.05) is 6.07 Å². The van der Waals surface area contributed by atoms with Crippen LogP contribution in [-0.2, 0) is 17.4 Å². The van der Waals surface area contributed by atoms with E-state index >= 15 is 0 Å². The maximum absolute atomic E-state index is 14.0. The van der Waals surface area contributed by atoms with Gasteiger partial charge in [0.2, 0.25) is 5.91 Å². The number of aromatic nitrogens is 1. The molecule has 1 amide bonds. The van der Waals surface area contributed by atoms with Crippen LogP contribution in [0.5, 0.6) is 0 Å². The monoisotopic (exact) mass is 392 g/mol. The van der Waals surface area contributed by atoms with Crippen LogP contribution >= 0.6 is 0 Å². The first-order chi connectivity index (χ1) is 13.3. The standard InChI is InChI=1S/C21H20F4N2O/c22-19-7-13(4-6-18(19)21(23,24)25)16-10-26-11-17-14(3-5-15(16)17)8-20(28)27-9-12-1-2-12/h4,6-7,10-12,14H,1-3,5,8-9H2,(H,27,28). The lowest BCUT2D eigenvalue weighted by Crippen LogP contribution is -2.26. The Morgan fingerprint density at radius 1 is 1.18 bits per heavy atom. The maximum atomic E-state index is 14.0. The summed E-state index contributed by atoms with van der Waals surface area (Å²) < 4.78 is 52.4. The van der Waals surface area contributed by atoms with Gasteiger partial charge in [0.05, 0.1) is 5.56 Å². The van der Waals surface area contributed by atoms with Gasteiger partial charge >= 0.3 is 6.18 Å². The fourth-order valence-corrected chi connectivity index (χ4v) is 3.86. The number of nitrogens with one attached hydrogen (secondary N) is 1. The molecule has 2 aliphatic rings. The molecule has 0 bridgehead atoms. The van der Waals surface area contributed by atoms with Crippen LogP contribution in [0, 0.1) is 11.7 Å². The zero-order valence-electron chi connectivity index (χ0n) is 15.2.